The van der Waals surface area contributed by atoms with Gasteiger partial charge in [-0.25, -0.2) is 0 Å². The van der Waals surface area contributed by atoms with Gasteiger partial charge < -0.3 is 19.9 Å². The molecular weight excluding hydrogens is 469 g/mol. The van der Waals surface area contributed by atoms with Gasteiger partial charge in [-0.05, 0) is 26.7 Å². The highest BCUT2D eigenvalue weighted by Crippen LogP contribution is 2.24. The Kier molecular flexibility index (Phi) is 10.3. The van der Waals surface area contributed by atoms with Gasteiger partial charge in [-0.15, -0.1) is 24.0 Å². The smallest absolute Gasteiger partial charge is 0.191 e. The van der Waals surface area contributed by atoms with Gasteiger partial charge in [-0.3, -0.25) is 9.98 Å². The molecule has 0 fully saturated rings. The highest BCUT2D eigenvalue weighted by Gasteiger charge is 2.13. The molecule has 0 amide bonds. The SMILES string of the molecule is CCC(CC)c1cc(CNC(=NC)NCc2ncc(C)c(OC)c2C)on1.I. The van der Waals surface area contributed by atoms with E-state index in [1.807, 2.05) is 26.1 Å². The van der Waals surface area contributed by atoms with E-state index in [0.29, 0.717) is 25.0 Å². The number of hydrogen-bond donors (Lipinski definition) is 2. The zero-order valence-corrected chi connectivity index (χ0v) is 20.0. The van der Waals surface area contributed by atoms with E-state index in [1.165, 1.54) is 0 Å². The number of halogens is 1. The van der Waals surface area contributed by atoms with Gasteiger partial charge in [-0.2, -0.15) is 0 Å². The van der Waals surface area contributed by atoms with Crippen molar-refractivity contribution in [2.24, 2.45) is 4.99 Å². The Balaban J connectivity index is 0.00000392. The third kappa shape index (κ3) is 6.08. The fraction of sp³-hybridized carbons (Fsp3) is 0.550. The molecule has 2 aromatic rings. The molecule has 0 spiro atoms. The van der Waals surface area contributed by atoms with Crippen LogP contribution >= 0.6 is 24.0 Å². The Morgan fingerprint density at radius 1 is 1.21 bits per heavy atom. The van der Waals surface area contributed by atoms with Gasteiger partial charge in [0.05, 0.1) is 31.6 Å². The first-order valence-corrected chi connectivity index (χ1v) is 9.42. The van der Waals surface area contributed by atoms with Crippen molar-refractivity contribution < 1.29 is 9.26 Å². The number of aromatic nitrogens is 2. The first-order chi connectivity index (χ1) is 13.0. The standard InChI is InChI=1S/C20H31N5O2.HI/c1-7-15(8-2)17-9-16(27-25-17)11-23-20(21-5)24-12-18-14(4)19(26-6)13(3)10-22-18;/h9-10,15H,7-8,11-12H2,1-6H3,(H2,21,23,24);1H. The van der Waals surface area contributed by atoms with Crippen LogP contribution in [0.1, 0.15) is 60.9 Å². The largest absolute Gasteiger partial charge is 0.496 e. The van der Waals surface area contributed by atoms with E-state index < -0.39 is 0 Å². The molecule has 0 unspecified atom stereocenters. The average Bonchev–Trinajstić information content (AvgIpc) is 3.13. The molecular formula is C20H32IN5O2. The van der Waals surface area contributed by atoms with E-state index in [0.717, 1.165) is 46.9 Å². The van der Waals surface area contributed by atoms with Crippen LogP contribution in [0.5, 0.6) is 5.75 Å². The highest BCUT2D eigenvalue weighted by molar-refractivity contribution is 14.0. The van der Waals surface area contributed by atoms with Crippen LogP contribution in [0, 0.1) is 13.8 Å². The van der Waals surface area contributed by atoms with E-state index >= 15 is 0 Å². The second-order valence-corrected chi connectivity index (χ2v) is 6.56. The van der Waals surface area contributed by atoms with Crippen LogP contribution in [-0.2, 0) is 13.1 Å². The fourth-order valence-electron chi connectivity index (χ4n) is 3.12. The quantitative estimate of drug-likeness (QED) is 0.322. The summed E-state index contributed by atoms with van der Waals surface area (Å²) in [6.45, 7) is 9.42. The molecule has 0 atom stereocenters. The molecule has 0 radical (unpaired) electrons. The number of ether oxygens (including phenoxy) is 1. The number of aryl methyl sites for hydroxylation is 1. The summed E-state index contributed by atoms with van der Waals surface area (Å²) < 4.78 is 10.9. The van der Waals surface area contributed by atoms with Crippen LogP contribution in [0.15, 0.2) is 21.8 Å². The second kappa shape index (κ2) is 11.9. The Morgan fingerprint density at radius 2 is 1.89 bits per heavy atom. The third-order valence-corrected chi connectivity index (χ3v) is 4.81. The molecule has 0 aliphatic rings. The summed E-state index contributed by atoms with van der Waals surface area (Å²) >= 11 is 0. The normalized spacial score (nSPS) is 11.3. The zero-order chi connectivity index (χ0) is 19.8. The molecule has 0 aliphatic carbocycles. The van der Waals surface area contributed by atoms with Crippen molar-refractivity contribution in [2.75, 3.05) is 14.2 Å². The molecule has 8 heteroatoms. The topological polar surface area (TPSA) is 84.6 Å². The molecule has 7 nitrogen and oxygen atoms in total. The van der Waals surface area contributed by atoms with E-state index in [2.05, 4.69) is 39.6 Å². The number of guanidine groups is 1. The molecule has 156 valence electrons. The summed E-state index contributed by atoms with van der Waals surface area (Å²) in [5, 5.41) is 10.7. The van der Waals surface area contributed by atoms with Gasteiger partial charge in [0, 0.05) is 36.4 Å². The van der Waals surface area contributed by atoms with E-state index in [9.17, 15) is 0 Å². The lowest BCUT2D eigenvalue weighted by atomic mass is 9.99. The van der Waals surface area contributed by atoms with Crippen molar-refractivity contribution in [3.63, 3.8) is 0 Å². The lowest BCUT2D eigenvalue weighted by Crippen LogP contribution is -2.36. The summed E-state index contributed by atoms with van der Waals surface area (Å²) in [7, 11) is 3.42. The van der Waals surface area contributed by atoms with Crippen molar-refractivity contribution in [3.05, 3.63) is 40.5 Å². The van der Waals surface area contributed by atoms with Gasteiger partial charge in [0.2, 0.25) is 0 Å². The van der Waals surface area contributed by atoms with Crippen LogP contribution in [0.25, 0.3) is 0 Å². The summed E-state index contributed by atoms with van der Waals surface area (Å²) in [5.74, 6) is 2.80. The lowest BCUT2D eigenvalue weighted by Gasteiger charge is -2.14. The van der Waals surface area contributed by atoms with Crippen LogP contribution in [0.3, 0.4) is 0 Å². The molecule has 2 rings (SSSR count). The number of nitrogens with one attached hydrogen (secondary N) is 2. The van der Waals surface area contributed by atoms with E-state index in [-0.39, 0.29) is 24.0 Å². The Labute approximate surface area is 184 Å². The number of hydrogen-bond acceptors (Lipinski definition) is 5. The highest BCUT2D eigenvalue weighted by atomic mass is 127. The predicted molar refractivity (Wildman–Crippen MR) is 123 cm³/mol. The molecule has 0 aromatic carbocycles. The van der Waals surface area contributed by atoms with Gasteiger partial charge in [0.25, 0.3) is 0 Å². The molecule has 0 bridgehead atoms. The van der Waals surface area contributed by atoms with Gasteiger partial charge in [0.15, 0.2) is 11.7 Å². The minimum absolute atomic E-state index is 0. The number of aliphatic imine (C=N–C) groups is 1. The van der Waals surface area contributed by atoms with E-state index in [1.54, 1.807) is 14.2 Å². The van der Waals surface area contributed by atoms with Gasteiger partial charge in [-0.1, -0.05) is 19.0 Å². The molecule has 2 heterocycles. The Bertz CT molecular complexity index is 772. The maximum atomic E-state index is 5.46. The Morgan fingerprint density at radius 3 is 2.50 bits per heavy atom. The number of methoxy groups -OCH3 is 1. The van der Waals surface area contributed by atoms with Crippen LogP contribution in [-0.4, -0.2) is 30.3 Å². The monoisotopic (exact) mass is 501 g/mol. The number of rotatable bonds is 8. The summed E-state index contributed by atoms with van der Waals surface area (Å²) in [6.07, 6.45) is 3.95. The lowest BCUT2D eigenvalue weighted by molar-refractivity contribution is 0.368. The first-order valence-electron chi connectivity index (χ1n) is 9.42. The van der Waals surface area contributed by atoms with Crippen molar-refractivity contribution in [1.29, 1.82) is 0 Å². The second-order valence-electron chi connectivity index (χ2n) is 6.56. The molecule has 0 aliphatic heterocycles. The van der Waals surface area contributed by atoms with Crippen molar-refractivity contribution in [1.82, 2.24) is 20.8 Å². The minimum atomic E-state index is 0. The van der Waals surface area contributed by atoms with Crippen LogP contribution in [0.2, 0.25) is 0 Å². The van der Waals surface area contributed by atoms with Gasteiger partial charge in [0.1, 0.15) is 5.75 Å². The van der Waals surface area contributed by atoms with Crippen molar-refractivity contribution in [2.45, 2.75) is 59.5 Å². The third-order valence-electron chi connectivity index (χ3n) is 4.81. The first kappa shape index (κ1) is 24.2. The number of pyridine rings is 1. The average molecular weight is 501 g/mol. The molecule has 0 saturated heterocycles. The molecule has 0 saturated carbocycles. The van der Waals surface area contributed by atoms with Crippen LogP contribution in [0.4, 0.5) is 0 Å². The molecule has 2 N–H and O–H groups in total. The maximum absolute atomic E-state index is 5.46. The Hall–Kier alpha value is -1.84. The molecule has 2 aromatic heterocycles. The number of nitrogens with zero attached hydrogens (tertiary/aromatic N) is 3. The fourth-order valence-corrected chi connectivity index (χ4v) is 3.12. The summed E-state index contributed by atoms with van der Waals surface area (Å²) in [6, 6.07) is 2.02. The summed E-state index contributed by atoms with van der Waals surface area (Å²) in [4.78, 5) is 8.75. The van der Waals surface area contributed by atoms with Crippen molar-refractivity contribution >= 4 is 29.9 Å². The van der Waals surface area contributed by atoms with Crippen molar-refractivity contribution in [3.8, 4) is 5.75 Å². The zero-order valence-electron chi connectivity index (χ0n) is 17.6. The summed E-state index contributed by atoms with van der Waals surface area (Å²) in [5.41, 5.74) is 4.01. The minimum Gasteiger partial charge on any atom is -0.496 e. The maximum Gasteiger partial charge on any atom is 0.191 e. The van der Waals surface area contributed by atoms with Crippen LogP contribution < -0.4 is 15.4 Å². The van der Waals surface area contributed by atoms with Gasteiger partial charge >= 0.3 is 0 Å². The predicted octanol–water partition coefficient (Wildman–Crippen LogP) is 4.08. The molecule has 28 heavy (non-hydrogen) atoms. The van der Waals surface area contributed by atoms with E-state index in [4.69, 9.17) is 9.26 Å².